The highest BCUT2D eigenvalue weighted by molar-refractivity contribution is 6.39. The van der Waals surface area contributed by atoms with Gasteiger partial charge >= 0.3 is 0 Å². The van der Waals surface area contributed by atoms with Gasteiger partial charge < -0.3 is 31.5 Å². The number of carbonyl (C=O) groups is 2. The number of hydrogen-bond acceptors (Lipinski definition) is 9. The number of fused-ring (bicyclic) bond motifs is 1. The monoisotopic (exact) mass is 729 g/mol. The van der Waals surface area contributed by atoms with Gasteiger partial charge in [-0.1, -0.05) is 65.7 Å². The van der Waals surface area contributed by atoms with Crippen LogP contribution in [0.15, 0.2) is 77.9 Å². The number of aliphatic hydroxyl groups is 1. The second kappa shape index (κ2) is 16.0. The van der Waals surface area contributed by atoms with Crippen molar-refractivity contribution in [1.29, 1.82) is 0 Å². The number of carbonyl (C=O) groups excluding carboxylic acids is 2. The van der Waals surface area contributed by atoms with E-state index in [0.717, 1.165) is 34.2 Å². The summed E-state index contributed by atoms with van der Waals surface area (Å²) in [6.45, 7) is 1.45. The van der Waals surface area contributed by atoms with Gasteiger partial charge in [0.25, 0.3) is 5.56 Å². The molecule has 12 nitrogen and oxygen atoms in total. The zero-order valence-electron chi connectivity index (χ0n) is 27.8. The molecule has 6 N–H and O–H groups in total. The van der Waals surface area contributed by atoms with Crippen molar-refractivity contribution in [1.82, 2.24) is 30.3 Å². The number of amides is 2. The molecule has 0 aliphatic carbocycles. The first-order valence-electron chi connectivity index (χ1n) is 16.4. The second-order valence-corrected chi connectivity index (χ2v) is 13.1. The number of aromatic nitrogens is 3. The van der Waals surface area contributed by atoms with Crippen LogP contribution >= 0.6 is 23.2 Å². The summed E-state index contributed by atoms with van der Waals surface area (Å²) in [6.07, 6.45) is 3.39. The number of pyridine rings is 2. The number of benzene rings is 2. The molecule has 2 amide bonds. The molecule has 2 atom stereocenters. The van der Waals surface area contributed by atoms with E-state index in [9.17, 15) is 19.5 Å². The molecular formula is C37H37Cl2N7O5. The van der Waals surface area contributed by atoms with Crippen molar-refractivity contribution in [2.45, 2.75) is 44.5 Å². The first-order chi connectivity index (χ1) is 24.6. The highest BCUT2D eigenvalue weighted by Crippen LogP contribution is 2.42. The molecule has 0 spiro atoms. The van der Waals surface area contributed by atoms with Crippen LogP contribution in [-0.2, 0) is 22.7 Å². The fourth-order valence-corrected chi connectivity index (χ4v) is 6.78. The van der Waals surface area contributed by atoms with Gasteiger partial charge in [-0.05, 0) is 30.2 Å². The van der Waals surface area contributed by atoms with Crippen LogP contribution in [0.25, 0.3) is 39.2 Å². The smallest absolute Gasteiger partial charge is 0.262 e. The lowest BCUT2D eigenvalue weighted by atomic mass is 9.97. The first-order valence-corrected chi connectivity index (χ1v) is 17.2. The van der Waals surface area contributed by atoms with Gasteiger partial charge in [-0.15, -0.1) is 0 Å². The van der Waals surface area contributed by atoms with Crippen LogP contribution in [0, 0.1) is 0 Å². The second-order valence-electron chi connectivity index (χ2n) is 12.3. The lowest BCUT2D eigenvalue weighted by Crippen LogP contribution is -2.35. The Morgan fingerprint density at radius 2 is 1.73 bits per heavy atom. The summed E-state index contributed by atoms with van der Waals surface area (Å²) in [4.78, 5) is 44.9. The number of primary amides is 1. The van der Waals surface area contributed by atoms with Crippen LogP contribution in [0.3, 0.4) is 0 Å². The van der Waals surface area contributed by atoms with Crippen molar-refractivity contribution >= 4 is 40.7 Å². The van der Waals surface area contributed by atoms with Crippen LogP contribution < -0.4 is 32.0 Å². The van der Waals surface area contributed by atoms with E-state index in [2.05, 4.69) is 20.9 Å². The molecule has 0 saturated carbocycles. The summed E-state index contributed by atoms with van der Waals surface area (Å²) in [5, 5.41) is 20.1. The minimum atomic E-state index is -0.946. The normalized spacial score (nSPS) is 14.8. The molecule has 3 aromatic heterocycles. The van der Waals surface area contributed by atoms with E-state index < -0.39 is 12.0 Å². The zero-order chi connectivity index (χ0) is 36.1. The standard InChI is InChI=1S/C37H37Cl2N7O5/c1-51-36-22(16-41-19-24-9-11-33(49)44-24)8-10-30(45-36)29-7-3-6-28(35(29)39)27-5-2-4-26(34(27)38)21-12-13-46-32(14-21)43-18-23(37(46)50)17-42-20-25(47)15-31(40)48/h2-8,10,12-14,18,24-25,41-42,47H,9,11,15-17,19-20H2,1H3,(H2,40,48)(H,44,49)/t24-,25?/m1/s1. The van der Waals surface area contributed by atoms with Gasteiger partial charge in [-0.25, -0.2) is 9.97 Å². The predicted octanol–water partition coefficient (Wildman–Crippen LogP) is 4.10. The van der Waals surface area contributed by atoms with E-state index in [1.54, 1.807) is 25.4 Å². The maximum atomic E-state index is 13.2. The maximum absolute atomic E-state index is 13.2. The molecular weight excluding hydrogens is 693 g/mol. The lowest BCUT2D eigenvalue weighted by Gasteiger charge is -2.16. The largest absolute Gasteiger partial charge is 0.481 e. The average Bonchev–Trinajstić information content (AvgIpc) is 3.54. The molecule has 0 bridgehead atoms. The Morgan fingerprint density at radius 3 is 2.43 bits per heavy atom. The summed E-state index contributed by atoms with van der Waals surface area (Å²) in [5.41, 5.74) is 10.8. The molecule has 4 heterocycles. The van der Waals surface area contributed by atoms with E-state index in [4.69, 9.17) is 38.7 Å². The van der Waals surface area contributed by atoms with Gasteiger partial charge in [0.05, 0.1) is 35.4 Å². The molecule has 6 rings (SSSR count). The Hall–Kier alpha value is -4.85. The van der Waals surface area contributed by atoms with Gasteiger partial charge in [0.2, 0.25) is 17.7 Å². The number of ether oxygens (including phenoxy) is 1. The Bertz CT molecular complexity index is 2160. The number of hydrogen-bond donors (Lipinski definition) is 5. The third-order valence-electron chi connectivity index (χ3n) is 8.71. The molecule has 1 saturated heterocycles. The zero-order valence-corrected chi connectivity index (χ0v) is 29.3. The molecule has 5 aromatic rings. The lowest BCUT2D eigenvalue weighted by molar-refractivity contribution is -0.120. The van der Waals surface area contributed by atoms with Crippen molar-refractivity contribution in [2.75, 3.05) is 20.2 Å². The number of nitrogens with zero attached hydrogens (tertiary/aromatic N) is 3. The van der Waals surface area contributed by atoms with Crippen molar-refractivity contribution in [3.8, 4) is 39.4 Å². The minimum Gasteiger partial charge on any atom is -0.481 e. The minimum absolute atomic E-state index is 0.0841. The van der Waals surface area contributed by atoms with Gasteiger partial charge in [0, 0.05) is 84.4 Å². The van der Waals surface area contributed by atoms with E-state index in [1.807, 2.05) is 48.5 Å². The molecule has 1 fully saturated rings. The highest BCUT2D eigenvalue weighted by atomic mass is 35.5. The third-order valence-corrected chi connectivity index (χ3v) is 9.53. The number of aliphatic hydroxyl groups excluding tert-OH is 1. The van der Waals surface area contributed by atoms with Crippen LogP contribution in [0.5, 0.6) is 5.88 Å². The van der Waals surface area contributed by atoms with Crippen LogP contribution in [0.2, 0.25) is 10.0 Å². The predicted molar refractivity (Wildman–Crippen MR) is 197 cm³/mol. The Morgan fingerprint density at radius 1 is 1.02 bits per heavy atom. The van der Waals surface area contributed by atoms with Crippen molar-refractivity contribution in [3.63, 3.8) is 0 Å². The van der Waals surface area contributed by atoms with Gasteiger partial charge in [-0.2, -0.15) is 0 Å². The van der Waals surface area contributed by atoms with Crippen LogP contribution in [0.4, 0.5) is 0 Å². The van der Waals surface area contributed by atoms with Crippen LogP contribution in [0.1, 0.15) is 30.4 Å². The van der Waals surface area contributed by atoms with E-state index in [0.29, 0.717) is 57.9 Å². The summed E-state index contributed by atoms with van der Waals surface area (Å²) < 4.78 is 7.07. The summed E-state index contributed by atoms with van der Waals surface area (Å²) in [6, 6.07) is 18.9. The van der Waals surface area contributed by atoms with E-state index in [-0.39, 0.29) is 37.0 Å². The summed E-state index contributed by atoms with van der Waals surface area (Å²) in [5.74, 6) is -0.0442. The third kappa shape index (κ3) is 8.22. The Balaban J connectivity index is 1.22. The molecule has 1 unspecified atom stereocenters. The van der Waals surface area contributed by atoms with Crippen LogP contribution in [-0.4, -0.2) is 63.6 Å². The molecule has 264 valence electrons. The average molecular weight is 731 g/mol. The first kappa shape index (κ1) is 36.0. The Labute approximate surface area is 304 Å². The van der Waals surface area contributed by atoms with E-state index in [1.165, 1.54) is 10.6 Å². The maximum Gasteiger partial charge on any atom is 0.262 e. The molecule has 2 aromatic carbocycles. The molecule has 0 radical (unpaired) electrons. The Kier molecular flexibility index (Phi) is 11.3. The fourth-order valence-electron chi connectivity index (χ4n) is 6.12. The SMILES string of the molecule is COc1nc(-c2cccc(-c3cccc(-c4ccn5c(=O)c(CNCC(O)CC(N)=O)cnc5c4)c3Cl)c2Cl)ccc1CNC[C@H]1CCC(=O)N1. The topological polar surface area (TPSA) is 173 Å². The van der Waals surface area contributed by atoms with Crippen molar-refractivity contribution in [2.24, 2.45) is 5.73 Å². The number of rotatable bonds is 14. The van der Waals surface area contributed by atoms with E-state index >= 15 is 0 Å². The number of nitrogens with two attached hydrogens (primary N) is 1. The van der Waals surface area contributed by atoms with Gasteiger partial charge in [0.15, 0.2) is 0 Å². The number of halogens is 2. The molecule has 1 aliphatic rings. The van der Waals surface area contributed by atoms with Crippen molar-refractivity contribution in [3.05, 3.63) is 105 Å². The molecule has 1 aliphatic heterocycles. The highest BCUT2D eigenvalue weighted by Gasteiger charge is 2.21. The van der Waals surface area contributed by atoms with Crippen molar-refractivity contribution < 1.29 is 19.4 Å². The summed E-state index contributed by atoms with van der Waals surface area (Å²) >= 11 is 14.1. The summed E-state index contributed by atoms with van der Waals surface area (Å²) in [7, 11) is 1.58. The quantitative estimate of drug-likeness (QED) is 0.113. The fraction of sp³-hybridized carbons (Fsp3) is 0.270. The number of methoxy groups -OCH3 is 1. The number of nitrogens with one attached hydrogen (secondary N) is 3. The van der Waals surface area contributed by atoms with Gasteiger partial charge in [0.1, 0.15) is 5.65 Å². The van der Waals surface area contributed by atoms with Gasteiger partial charge in [-0.3, -0.25) is 18.8 Å². The molecule has 14 heteroatoms. The molecule has 51 heavy (non-hydrogen) atoms.